The number of nitrogens with zero attached hydrogens (tertiary/aromatic N) is 3. The second-order valence-electron chi connectivity index (χ2n) is 10.4. The Balaban J connectivity index is 2.27. The Morgan fingerprint density at radius 3 is 2.62 bits per heavy atom. The van der Waals surface area contributed by atoms with Crippen LogP contribution in [0.3, 0.4) is 0 Å². The summed E-state index contributed by atoms with van der Waals surface area (Å²) in [5.74, 6) is 1.26. The van der Waals surface area contributed by atoms with E-state index >= 15 is 0 Å². The van der Waals surface area contributed by atoms with Crippen LogP contribution in [0.5, 0.6) is 11.5 Å². The predicted octanol–water partition coefficient (Wildman–Crippen LogP) is 5.78. The maximum atomic E-state index is 11.0. The Labute approximate surface area is 227 Å². The normalized spacial score (nSPS) is 24.1. The summed E-state index contributed by atoms with van der Waals surface area (Å²) in [6.45, 7) is 11.7. The molecule has 206 valence electrons. The van der Waals surface area contributed by atoms with Gasteiger partial charge in [0.15, 0.2) is 0 Å². The fourth-order valence-electron chi connectivity index (χ4n) is 4.67. The van der Waals surface area contributed by atoms with Crippen LogP contribution in [0.2, 0.25) is 5.02 Å². The SMILES string of the molecule is COc1c(Cl)c(C)c(/C=N/CO)c(O)c1C/C=C(C)/C=C/[C@@]1(C)[C@H](C)CC/C(=N\OCCN(C)C)[C@@H]1C. The number of methoxy groups -OCH3 is 1. The van der Waals surface area contributed by atoms with E-state index in [0.29, 0.717) is 46.4 Å². The second kappa shape index (κ2) is 14.0. The molecule has 2 N–H and O–H groups in total. The van der Waals surface area contributed by atoms with Crippen molar-refractivity contribution in [2.24, 2.45) is 27.4 Å². The maximum Gasteiger partial charge on any atom is 0.144 e. The first-order chi connectivity index (χ1) is 17.5. The molecular weight excluding hydrogens is 490 g/mol. The van der Waals surface area contributed by atoms with Gasteiger partial charge in [0.05, 0.1) is 17.8 Å². The van der Waals surface area contributed by atoms with Crippen molar-refractivity contribution in [2.45, 2.75) is 53.9 Å². The lowest BCUT2D eigenvalue weighted by Crippen LogP contribution is -2.40. The highest BCUT2D eigenvalue weighted by Gasteiger charge is 2.41. The molecular formula is C29H44ClN3O4. The van der Waals surface area contributed by atoms with Crippen molar-refractivity contribution in [3.8, 4) is 11.5 Å². The first kappa shape index (κ1) is 30.9. The molecule has 37 heavy (non-hydrogen) atoms. The van der Waals surface area contributed by atoms with Gasteiger partial charge in [-0.05, 0) is 64.1 Å². The minimum absolute atomic E-state index is 0.0561. The van der Waals surface area contributed by atoms with Crippen LogP contribution in [0.1, 0.15) is 57.2 Å². The van der Waals surface area contributed by atoms with Crippen molar-refractivity contribution in [2.75, 3.05) is 41.1 Å². The van der Waals surface area contributed by atoms with Gasteiger partial charge in [0, 0.05) is 29.8 Å². The Bertz CT molecular complexity index is 1050. The summed E-state index contributed by atoms with van der Waals surface area (Å²) in [5.41, 5.74) is 3.84. The van der Waals surface area contributed by atoms with E-state index in [1.54, 1.807) is 6.92 Å². The summed E-state index contributed by atoms with van der Waals surface area (Å²) in [4.78, 5) is 11.6. The Morgan fingerprint density at radius 2 is 2.00 bits per heavy atom. The molecule has 1 aliphatic rings. The number of oxime groups is 1. The summed E-state index contributed by atoms with van der Waals surface area (Å²) in [6.07, 6.45) is 10.4. The lowest BCUT2D eigenvalue weighted by atomic mass is 9.61. The number of halogens is 1. The first-order valence-electron chi connectivity index (χ1n) is 12.9. The molecule has 1 saturated carbocycles. The lowest BCUT2D eigenvalue weighted by Gasteiger charge is -2.43. The number of hydrogen-bond donors (Lipinski definition) is 2. The highest BCUT2D eigenvalue weighted by Crippen LogP contribution is 2.45. The van der Waals surface area contributed by atoms with Crippen LogP contribution < -0.4 is 4.74 Å². The van der Waals surface area contributed by atoms with Crippen LogP contribution in [0.25, 0.3) is 0 Å². The van der Waals surface area contributed by atoms with Gasteiger partial charge < -0.3 is 24.7 Å². The van der Waals surface area contributed by atoms with Crippen molar-refractivity contribution in [3.05, 3.63) is 45.5 Å². The standard InChI is InChI=1S/C29H44ClN3O4/c1-19(9-11-23-27(35)24(17-31-18-34)21(3)26(30)28(23)36-8)13-14-29(5)20(2)10-12-25(22(29)4)32-37-16-15-33(6)7/h9,13-14,17,20,22,34-35H,10-12,15-16,18H2,1-8H3/b14-13+,19-9+,31-17+,32-25+/t20-,22+,29+/m1/s1. The molecule has 8 heteroatoms. The molecule has 0 aliphatic heterocycles. The largest absolute Gasteiger partial charge is 0.507 e. The smallest absolute Gasteiger partial charge is 0.144 e. The van der Waals surface area contributed by atoms with Crippen molar-refractivity contribution in [3.63, 3.8) is 0 Å². The molecule has 1 aliphatic carbocycles. The third kappa shape index (κ3) is 7.59. The highest BCUT2D eigenvalue weighted by molar-refractivity contribution is 6.33. The third-order valence-electron chi connectivity index (χ3n) is 7.73. The minimum atomic E-state index is -0.369. The van der Waals surface area contributed by atoms with Crippen molar-refractivity contribution in [1.29, 1.82) is 0 Å². The van der Waals surface area contributed by atoms with Crippen LogP contribution in [-0.4, -0.2) is 68.1 Å². The number of phenolic OH excluding ortho intramolecular Hbond substituents is 1. The quantitative estimate of drug-likeness (QED) is 0.163. The molecule has 0 amide bonds. The van der Waals surface area contributed by atoms with Crippen molar-refractivity contribution in [1.82, 2.24) is 4.90 Å². The number of benzene rings is 1. The zero-order chi connectivity index (χ0) is 27.8. The van der Waals surface area contributed by atoms with Crippen LogP contribution in [0.4, 0.5) is 0 Å². The van der Waals surface area contributed by atoms with E-state index in [4.69, 9.17) is 26.3 Å². The number of allylic oxidation sites excluding steroid dienone is 4. The molecule has 2 rings (SSSR count). The van der Waals surface area contributed by atoms with Crippen LogP contribution in [0.15, 0.2) is 33.9 Å². The second-order valence-corrected chi connectivity index (χ2v) is 10.8. The number of aliphatic imine (C=N–C) groups is 1. The number of aliphatic hydroxyl groups excluding tert-OH is 1. The molecule has 1 fully saturated rings. The summed E-state index contributed by atoms with van der Waals surface area (Å²) in [5, 5.41) is 24.9. The number of hydrogen-bond acceptors (Lipinski definition) is 7. The fourth-order valence-corrected chi connectivity index (χ4v) is 4.96. The van der Waals surface area contributed by atoms with E-state index < -0.39 is 0 Å². The van der Waals surface area contributed by atoms with E-state index in [-0.39, 0.29) is 23.8 Å². The molecule has 0 aromatic heterocycles. The monoisotopic (exact) mass is 533 g/mol. The molecule has 0 radical (unpaired) electrons. The topological polar surface area (TPSA) is 86.9 Å². The predicted molar refractivity (Wildman–Crippen MR) is 153 cm³/mol. The molecule has 0 spiro atoms. The first-order valence-corrected chi connectivity index (χ1v) is 13.2. The van der Waals surface area contributed by atoms with E-state index in [2.05, 4.69) is 48.0 Å². The number of likely N-dealkylation sites (N-methyl/N-ethyl adjacent to an activating group) is 1. The number of ether oxygens (including phenoxy) is 1. The number of aromatic hydroxyl groups is 1. The molecule has 7 nitrogen and oxygen atoms in total. The fraction of sp³-hybridized carbons (Fsp3) is 0.586. The van der Waals surface area contributed by atoms with Gasteiger partial charge in [-0.1, -0.05) is 61.3 Å². The molecule has 1 aromatic rings. The lowest BCUT2D eigenvalue weighted by molar-refractivity contribution is 0.116. The van der Waals surface area contributed by atoms with Crippen LogP contribution in [0, 0.1) is 24.2 Å². The summed E-state index contributed by atoms with van der Waals surface area (Å²) < 4.78 is 5.53. The van der Waals surface area contributed by atoms with Gasteiger partial charge in [0.25, 0.3) is 0 Å². The zero-order valence-corrected chi connectivity index (χ0v) is 24.4. The minimum Gasteiger partial charge on any atom is -0.507 e. The van der Waals surface area contributed by atoms with E-state index in [0.717, 1.165) is 30.7 Å². The molecule has 0 saturated heterocycles. The summed E-state index contributed by atoms with van der Waals surface area (Å²) >= 11 is 6.54. The number of aliphatic hydroxyl groups is 1. The van der Waals surface area contributed by atoms with Crippen molar-refractivity contribution < 1.29 is 19.8 Å². The molecule has 0 heterocycles. The van der Waals surface area contributed by atoms with Gasteiger partial charge in [-0.15, -0.1) is 0 Å². The van der Waals surface area contributed by atoms with Crippen LogP contribution in [-0.2, 0) is 11.3 Å². The van der Waals surface area contributed by atoms with Gasteiger partial charge >= 0.3 is 0 Å². The van der Waals surface area contributed by atoms with E-state index in [1.165, 1.54) is 13.3 Å². The number of phenols is 1. The summed E-state index contributed by atoms with van der Waals surface area (Å²) in [6, 6.07) is 0. The zero-order valence-electron chi connectivity index (χ0n) is 23.6. The van der Waals surface area contributed by atoms with Gasteiger partial charge in [0.1, 0.15) is 24.8 Å². The maximum absolute atomic E-state index is 11.0. The summed E-state index contributed by atoms with van der Waals surface area (Å²) in [7, 11) is 5.58. The van der Waals surface area contributed by atoms with E-state index in [9.17, 15) is 5.11 Å². The van der Waals surface area contributed by atoms with Gasteiger partial charge in [-0.25, -0.2) is 0 Å². The average Bonchev–Trinajstić information content (AvgIpc) is 2.86. The third-order valence-corrected chi connectivity index (χ3v) is 8.18. The average molecular weight is 534 g/mol. The molecule has 1 aromatic carbocycles. The molecule has 3 atom stereocenters. The molecule has 0 unspecified atom stereocenters. The number of rotatable bonds is 11. The molecule has 0 bridgehead atoms. The van der Waals surface area contributed by atoms with Gasteiger partial charge in [-0.3, -0.25) is 4.99 Å². The highest BCUT2D eigenvalue weighted by atomic mass is 35.5. The Morgan fingerprint density at radius 1 is 1.30 bits per heavy atom. The van der Waals surface area contributed by atoms with Gasteiger partial charge in [-0.2, -0.15) is 0 Å². The Kier molecular flexibility index (Phi) is 11.7. The van der Waals surface area contributed by atoms with Crippen molar-refractivity contribution >= 4 is 23.5 Å². The van der Waals surface area contributed by atoms with E-state index in [1.807, 2.05) is 27.1 Å². The van der Waals surface area contributed by atoms with Crippen LogP contribution >= 0.6 is 11.6 Å². The Hall–Kier alpha value is -2.35. The van der Waals surface area contributed by atoms with Gasteiger partial charge in [0.2, 0.25) is 0 Å².